The van der Waals surface area contributed by atoms with Gasteiger partial charge < -0.3 is 4.74 Å². The Hall–Kier alpha value is -2.33. The molecule has 2 aromatic carbocycles. The first-order valence-electron chi connectivity index (χ1n) is 8.33. The third-order valence-corrected chi connectivity index (χ3v) is 4.02. The fourth-order valence-electron chi connectivity index (χ4n) is 2.25. The molecule has 0 unspecified atom stereocenters. The maximum atomic E-state index is 12.1. The number of ether oxygens (including phenoxy) is 1. The zero-order valence-electron chi connectivity index (χ0n) is 14.8. The van der Waals surface area contributed by atoms with Crippen LogP contribution in [0.5, 0.6) is 5.75 Å². The van der Waals surface area contributed by atoms with Gasteiger partial charge in [-0.15, -0.1) is 0 Å². The van der Waals surface area contributed by atoms with Crippen LogP contribution >= 0.6 is 11.6 Å². The molecule has 132 valence electrons. The summed E-state index contributed by atoms with van der Waals surface area (Å²) < 4.78 is 5.69. The average Bonchev–Trinajstić information content (AvgIpc) is 2.61. The van der Waals surface area contributed by atoms with Crippen molar-refractivity contribution in [3.8, 4) is 5.75 Å². The lowest BCUT2D eigenvalue weighted by atomic mass is 10.1. The normalized spacial score (nSPS) is 11.5. The molecule has 0 spiro atoms. The van der Waals surface area contributed by atoms with Gasteiger partial charge >= 0.3 is 0 Å². The summed E-state index contributed by atoms with van der Waals surface area (Å²) in [6, 6.07) is 14.5. The third-order valence-electron chi connectivity index (χ3n) is 3.77. The van der Waals surface area contributed by atoms with Crippen molar-refractivity contribution in [1.29, 1.82) is 0 Å². The maximum Gasteiger partial charge on any atom is 0.271 e. The SMILES string of the molecule is CC/C(=N/NC(=O)c1ccc(COc2ccc(Cl)cc2)cc1)C(C)C. The second kappa shape index (κ2) is 9.23. The molecule has 0 heterocycles. The van der Waals surface area contributed by atoms with E-state index in [1.807, 2.05) is 31.2 Å². The highest BCUT2D eigenvalue weighted by molar-refractivity contribution is 6.30. The van der Waals surface area contributed by atoms with E-state index in [9.17, 15) is 4.79 Å². The van der Waals surface area contributed by atoms with Gasteiger partial charge in [-0.05, 0) is 54.3 Å². The fraction of sp³-hybridized carbons (Fsp3) is 0.300. The van der Waals surface area contributed by atoms with Crippen molar-refractivity contribution in [2.24, 2.45) is 11.0 Å². The van der Waals surface area contributed by atoms with Gasteiger partial charge in [0.15, 0.2) is 0 Å². The minimum atomic E-state index is -0.211. The minimum absolute atomic E-state index is 0.211. The van der Waals surface area contributed by atoms with Crippen LogP contribution in [0, 0.1) is 5.92 Å². The number of benzene rings is 2. The van der Waals surface area contributed by atoms with E-state index in [1.165, 1.54) is 0 Å². The Kier molecular flexibility index (Phi) is 7.02. The van der Waals surface area contributed by atoms with Gasteiger partial charge in [0.25, 0.3) is 5.91 Å². The summed E-state index contributed by atoms with van der Waals surface area (Å²) in [6.45, 7) is 6.57. The van der Waals surface area contributed by atoms with Crippen LogP contribution in [0.25, 0.3) is 0 Å². The minimum Gasteiger partial charge on any atom is -0.489 e. The Morgan fingerprint density at radius 3 is 2.32 bits per heavy atom. The van der Waals surface area contributed by atoms with E-state index in [2.05, 4.69) is 24.4 Å². The van der Waals surface area contributed by atoms with Crippen molar-refractivity contribution in [2.75, 3.05) is 0 Å². The molecular formula is C20H23ClN2O2. The van der Waals surface area contributed by atoms with Crippen LogP contribution in [0.3, 0.4) is 0 Å². The Labute approximate surface area is 153 Å². The number of carbonyl (C=O) groups is 1. The molecule has 0 aliphatic heterocycles. The van der Waals surface area contributed by atoms with Gasteiger partial charge in [0.1, 0.15) is 12.4 Å². The number of rotatable bonds is 7. The lowest BCUT2D eigenvalue weighted by Crippen LogP contribution is -2.21. The number of halogens is 1. The molecule has 0 bridgehead atoms. The standard InChI is InChI=1S/C20H23ClN2O2/c1-4-19(14(2)3)22-23-20(24)16-7-5-15(6-8-16)13-25-18-11-9-17(21)10-12-18/h5-12,14H,4,13H2,1-3H3,(H,23,24)/b22-19-. The number of hydrogen-bond acceptors (Lipinski definition) is 3. The van der Waals surface area contributed by atoms with Crippen LogP contribution in [0.4, 0.5) is 0 Å². The van der Waals surface area contributed by atoms with Gasteiger partial charge in [-0.25, -0.2) is 5.43 Å². The maximum absolute atomic E-state index is 12.1. The van der Waals surface area contributed by atoms with Crippen LogP contribution in [0.2, 0.25) is 5.02 Å². The second-order valence-corrected chi connectivity index (χ2v) is 6.43. The van der Waals surface area contributed by atoms with Crippen molar-refractivity contribution >= 4 is 23.2 Å². The van der Waals surface area contributed by atoms with E-state index in [-0.39, 0.29) is 5.91 Å². The van der Waals surface area contributed by atoms with E-state index in [1.54, 1.807) is 24.3 Å². The smallest absolute Gasteiger partial charge is 0.271 e. The molecule has 1 amide bonds. The van der Waals surface area contributed by atoms with Crippen molar-refractivity contribution in [1.82, 2.24) is 5.43 Å². The first-order valence-corrected chi connectivity index (χ1v) is 8.71. The molecule has 0 fully saturated rings. The number of hydrogen-bond donors (Lipinski definition) is 1. The monoisotopic (exact) mass is 358 g/mol. The molecule has 2 rings (SSSR count). The molecule has 0 aromatic heterocycles. The number of amides is 1. The van der Waals surface area contributed by atoms with Crippen LogP contribution in [0.15, 0.2) is 53.6 Å². The van der Waals surface area contributed by atoms with Crippen LogP contribution in [0.1, 0.15) is 43.1 Å². The number of hydrazone groups is 1. The Balaban J connectivity index is 1.92. The van der Waals surface area contributed by atoms with E-state index in [0.717, 1.165) is 23.4 Å². The summed E-state index contributed by atoms with van der Waals surface area (Å²) in [7, 11) is 0. The molecule has 4 nitrogen and oxygen atoms in total. The van der Waals surface area contributed by atoms with Crippen LogP contribution in [-0.2, 0) is 6.61 Å². The Morgan fingerprint density at radius 1 is 1.12 bits per heavy atom. The van der Waals surface area contributed by atoms with Crippen molar-refractivity contribution in [3.63, 3.8) is 0 Å². The van der Waals surface area contributed by atoms with Crippen molar-refractivity contribution in [2.45, 2.75) is 33.8 Å². The lowest BCUT2D eigenvalue weighted by molar-refractivity contribution is 0.0954. The van der Waals surface area contributed by atoms with E-state index in [0.29, 0.717) is 23.1 Å². The molecule has 5 heteroatoms. The Morgan fingerprint density at radius 2 is 1.76 bits per heavy atom. The van der Waals surface area contributed by atoms with Crippen LogP contribution in [-0.4, -0.2) is 11.6 Å². The molecule has 2 aromatic rings. The number of carbonyl (C=O) groups excluding carboxylic acids is 1. The van der Waals surface area contributed by atoms with E-state index in [4.69, 9.17) is 16.3 Å². The summed E-state index contributed by atoms with van der Waals surface area (Å²) in [4.78, 5) is 12.1. The highest BCUT2D eigenvalue weighted by atomic mass is 35.5. The molecule has 0 saturated heterocycles. The lowest BCUT2D eigenvalue weighted by Gasteiger charge is -2.09. The fourth-order valence-corrected chi connectivity index (χ4v) is 2.38. The largest absolute Gasteiger partial charge is 0.489 e. The van der Waals surface area contributed by atoms with E-state index >= 15 is 0 Å². The molecule has 0 aliphatic rings. The molecule has 1 N–H and O–H groups in total. The summed E-state index contributed by atoms with van der Waals surface area (Å²) in [5.41, 5.74) is 5.14. The van der Waals surface area contributed by atoms with Gasteiger partial charge in [-0.3, -0.25) is 4.79 Å². The molecular weight excluding hydrogens is 336 g/mol. The predicted molar refractivity (Wildman–Crippen MR) is 102 cm³/mol. The van der Waals surface area contributed by atoms with Gasteiger partial charge in [0.2, 0.25) is 0 Å². The molecule has 0 aliphatic carbocycles. The summed E-state index contributed by atoms with van der Waals surface area (Å²) in [5.74, 6) is 0.857. The van der Waals surface area contributed by atoms with Crippen molar-refractivity contribution in [3.05, 3.63) is 64.7 Å². The summed E-state index contributed by atoms with van der Waals surface area (Å²) in [5, 5.41) is 4.88. The molecule has 0 atom stereocenters. The first kappa shape index (κ1) is 19.0. The molecule has 0 saturated carbocycles. The average molecular weight is 359 g/mol. The third kappa shape index (κ3) is 5.91. The molecule has 25 heavy (non-hydrogen) atoms. The van der Waals surface area contributed by atoms with E-state index < -0.39 is 0 Å². The van der Waals surface area contributed by atoms with Gasteiger partial charge in [0.05, 0.1) is 0 Å². The zero-order valence-corrected chi connectivity index (χ0v) is 15.5. The highest BCUT2D eigenvalue weighted by Crippen LogP contribution is 2.17. The predicted octanol–water partition coefficient (Wildman–Crippen LogP) is 5.07. The zero-order chi connectivity index (χ0) is 18.2. The quantitative estimate of drug-likeness (QED) is 0.554. The van der Waals surface area contributed by atoms with Gasteiger partial charge in [-0.2, -0.15) is 5.10 Å². The number of nitrogens with one attached hydrogen (secondary N) is 1. The summed E-state index contributed by atoms with van der Waals surface area (Å²) >= 11 is 5.84. The first-order chi connectivity index (χ1) is 12.0. The topological polar surface area (TPSA) is 50.7 Å². The van der Waals surface area contributed by atoms with Gasteiger partial charge in [-0.1, -0.05) is 44.5 Å². The van der Waals surface area contributed by atoms with Crippen molar-refractivity contribution < 1.29 is 9.53 Å². The summed E-state index contributed by atoms with van der Waals surface area (Å²) in [6.07, 6.45) is 0.818. The highest BCUT2D eigenvalue weighted by Gasteiger charge is 2.07. The van der Waals surface area contributed by atoms with Gasteiger partial charge in [0, 0.05) is 16.3 Å². The number of nitrogens with zero attached hydrogens (tertiary/aromatic N) is 1. The Bertz CT molecular complexity index is 722. The molecule has 0 radical (unpaired) electrons. The second-order valence-electron chi connectivity index (χ2n) is 5.99. The van der Waals surface area contributed by atoms with Crippen LogP contribution < -0.4 is 10.2 Å².